The lowest BCUT2D eigenvalue weighted by molar-refractivity contribution is -0.122. The lowest BCUT2D eigenvalue weighted by Crippen LogP contribution is -2.41. The van der Waals surface area contributed by atoms with Crippen LogP contribution < -0.4 is 11.1 Å². The van der Waals surface area contributed by atoms with Gasteiger partial charge in [0.2, 0.25) is 5.91 Å². The number of likely N-dealkylation sites (tertiary alicyclic amines) is 1. The van der Waals surface area contributed by atoms with E-state index in [1.54, 1.807) is 6.92 Å². The molecule has 0 aromatic carbocycles. The van der Waals surface area contributed by atoms with Crippen LogP contribution in [-0.4, -0.2) is 42.0 Å². The SMILES string of the molecule is CC(C(=O)NCCN1CCCCC1)C(N)=S. The molecule has 0 aromatic rings. The van der Waals surface area contributed by atoms with Crippen molar-refractivity contribution in [2.75, 3.05) is 26.2 Å². The van der Waals surface area contributed by atoms with Gasteiger partial charge in [-0.05, 0) is 32.9 Å². The Morgan fingerprint density at radius 3 is 2.62 bits per heavy atom. The van der Waals surface area contributed by atoms with Crippen LogP contribution in [0.4, 0.5) is 0 Å². The molecule has 5 heteroatoms. The molecule has 0 aromatic heterocycles. The molecule has 4 nitrogen and oxygen atoms in total. The highest BCUT2D eigenvalue weighted by molar-refractivity contribution is 7.80. The highest BCUT2D eigenvalue weighted by Gasteiger charge is 2.15. The molecular formula is C11H21N3OS. The van der Waals surface area contributed by atoms with E-state index in [4.69, 9.17) is 18.0 Å². The molecule has 1 amide bonds. The molecule has 1 unspecified atom stereocenters. The monoisotopic (exact) mass is 243 g/mol. The van der Waals surface area contributed by atoms with Crippen LogP contribution in [0.15, 0.2) is 0 Å². The third-order valence-electron chi connectivity index (χ3n) is 3.00. The molecule has 0 saturated carbocycles. The first-order valence-electron chi connectivity index (χ1n) is 5.90. The summed E-state index contributed by atoms with van der Waals surface area (Å²) in [6.07, 6.45) is 3.88. The summed E-state index contributed by atoms with van der Waals surface area (Å²) >= 11 is 4.78. The van der Waals surface area contributed by atoms with Crippen LogP contribution in [0.25, 0.3) is 0 Å². The maximum Gasteiger partial charge on any atom is 0.229 e. The lowest BCUT2D eigenvalue weighted by atomic mass is 10.1. The van der Waals surface area contributed by atoms with E-state index in [2.05, 4.69) is 10.2 Å². The predicted molar refractivity (Wildman–Crippen MR) is 69.3 cm³/mol. The van der Waals surface area contributed by atoms with Gasteiger partial charge in [-0.25, -0.2) is 0 Å². The Hall–Kier alpha value is -0.680. The number of piperidine rings is 1. The lowest BCUT2D eigenvalue weighted by Gasteiger charge is -2.26. The molecule has 1 heterocycles. The van der Waals surface area contributed by atoms with Crippen LogP contribution in [0.5, 0.6) is 0 Å². The van der Waals surface area contributed by atoms with Gasteiger partial charge in [0.1, 0.15) is 0 Å². The summed E-state index contributed by atoms with van der Waals surface area (Å²) in [5.74, 6) is -0.430. The maximum atomic E-state index is 11.5. The van der Waals surface area contributed by atoms with E-state index < -0.39 is 0 Å². The largest absolute Gasteiger partial charge is 0.393 e. The van der Waals surface area contributed by atoms with Gasteiger partial charge in [-0.15, -0.1) is 0 Å². The number of nitrogens with zero attached hydrogens (tertiary/aromatic N) is 1. The molecule has 1 aliphatic heterocycles. The van der Waals surface area contributed by atoms with E-state index in [1.165, 1.54) is 19.3 Å². The smallest absolute Gasteiger partial charge is 0.229 e. The quantitative estimate of drug-likeness (QED) is 0.691. The van der Waals surface area contributed by atoms with Gasteiger partial charge in [0.05, 0.1) is 10.9 Å². The zero-order valence-corrected chi connectivity index (χ0v) is 10.7. The molecule has 0 radical (unpaired) electrons. The second-order valence-corrected chi connectivity index (χ2v) is 4.79. The summed E-state index contributed by atoms with van der Waals surface area (Å²) < 4.78 is 0. The van der Waals surface area contributed by atoms with Crippen LogP contribution in [-0.2, 0) is 4.79 Å². The Morgan fingerprint density at radius 1 is 1.44 bits per heavy atom. The van der Waals surface area contributed by atoms with Crippen LogP contribution in [0.1, 0.15) is 26.2 Å². The number of hydrogen-bond acceptors (Lipinski definition) is 3. The Balaban J connectivity index is 2.14. The molecule has 1 rings (SSSR count). The molecule has 0 bridgehead atoms. The normalized spacial score (nSPS) is 19.1. The van der Waals surface area contributed by atoms with Gasteiger partial charge >= 0.3 is 0 Å². The van der Waals surface area contributed by atoms with Crippen molar-refractivity contribution in [1.29, 1.82) is 0 Å². The van der Waals surface area contributed by atoms with Gasteiger partial charge in [-0.2, -0.15) is 0 Å². The van der Waals surface area contributed by atoms with Gasteiger partial charge in [0.25, 0.3) is 0 Å². The second-order valence-electron chi connectivity index (χ2n) is 4.32. The highest BCUT2D eigenvalue weighted by Crippen LogP contribution is 2.07. The van der Waals surface area contributed by atoms with E-state index in [0.717, 1.165) is 19.6 Å². The Labute approximate surface area is 103 Å². The molecule has 3 N–H and O–H groups in total. The summed E-state index contributed by atoms with van der Waals surface area (Å²) in [5, 5.41) is 2.86. The maximum absolute atomic E-state index is 11.5. The van der Waals surface area contributed by atoms with Crippen molar-refractivity contribution in [3.8, 4) is 0 Å². The van der Waals surface area contributed by atoms with Gasteiger partial charge in [0.15, 0.2) is 0 Å². The van der Waals surface area contributed by atoms with E-state index in [1.807, 2.05) is 0 Å². The zero-order valence-electron chi connectivity index (χ0n) is 9.87. The van der Waals surface area contributed by atoms with Crippen LogP contribution in [0.2, 0.25) is 0 Å². The molecule has 1 atom stereocenters. The molecule has 0 spiro atoms. The number of nitrogens with two attached hydrogens (primary N) is 1. The van der Waals surface area contributed by atoms with Crippen LogP contribution in [0.3, 0.4) is 0 Å². The second kappa shape index (κ2) is 6.81. The first-order valence-corrected chi connectivity index (χ1v) is 6.31. The van der Waals surface area contributed by atoms with Crippen molar-refractivity contribution >= 4 is 23.1 Å². The molecule has 1 fully saturated rings. The average molecular weight is 243 g/mol. The predicted octanol–water partition coefficient (Wildman–Crippen LogP) is 0.511. The summed E-state index contributed by atoms with van der Waals surface area (Å²) in [5.41, 5.74) is 5.41. The number of carbonyl (C=O) groups is 1. The summed E-state index contributed by atoms with van der Waals surface area (Å²) in [4.78, 5) is 14.2. The zero-order chi connectivity index (χ0) is 12.0. The third-order valence-corrected chi connectivity index (χ3v) is 3.35. The molecule has 92 valence electrons. The minimum absolute atomic E-state index is 0.0653. The van der Waals surface area contributed by atoms with Crippen LogP contribution >= 0.6 is 12.2 Å². The number of amides is 1. The van der Waals surface area contributed by atoms with Crippen LogP contribution in [0, 0.1) is 5.92 Å². The van der Waals surface area contributed by atoms with E-state index in [9.17, 15) is 4.79 Å². The first-order chi connectivity index (χ1) is 7.61. The minimum Gasteiger partial charge on any atom is -0.393 e. The average Bonchev–Trinajstić information content (AvgIpc) is 2.29. The van der Waals surface area contributed by atoms with Crippen molar-refractivity contribution in [2.45, 2.75) is 26.2 Å². The van der Waals surface area contributed by atoms with Gasteiger partial charge in [0, 0.05) is 13.1 Å². The number of carbonyl (C=O) groups excluding carboxylic acids is 1. The Kier molecular flexibility index (Phi) is 5.69. The van der Waals surface area contributed by atoms with Gasteiger partial charge < -0.3 is 16.0 Å². The molecule has 1 saturated heterocycles. The van der Waals surface area contributed by atoms with Crippen molar-refractivity contribution < 1.29 is 4.79 Å². The topological polar surface area (TPSA) is 58.4 Å². The number of nitrogens with one attached hydrogen (secondary N) is 1. The molecule has 0 aliphatic carbocycles. The summed E-state index contributed by atoms with van der Waals surface area (Å²) in [6.45, 7) is 5.65. The number of hydrogen-bond donors (Lipinski definition) is 2. The minimum atomic E-state index is -0.364. The number of rotatable bonds is 5. The molecule has 1 aliphatic rings. The van der Waals surface area contributed by atoms with Crippen molar-refractivity contribution in [3.63, 3.8) is 0 Å². The first kappa shape index (κ1) is 13.4. The highest BCUT2D eigenvalue weighted by atomic mass is 32.1. The standard InChI is InChI=1S/C11H21N3OS/c1-9(10(12)16)11(15)13-5-8-14-6-3-2-4-7-14/h9H,2-8H2,1H3,(H2,12,16)(H,13,15). The molecule has 16 heavy (non-hydrogen) atoms. The fraction of sp³-hybridized carbons (Fsp3) is 0.818. The Morgan fingerprint density at radius 2 is 2.06 bits per heavy atom. The fourth-order valence-electron chi connectivity index (χ4n) is 1.80. The third kappa shape index (κ3) is 4.45. The van der Waals surface area contributed by atoms with Gasteiger partial charge in [-0.1, -0.05) is 18.6 Å². The van der Waals surface area contributed by atoms with Gasteiger partial charge in [-0.3, -0.25) is 4.79 Å². The number of thiocarbonyl (C=S) groups is 1. The molecular weight excluding hydrogens is 222 g/mol. The van der Waals surface area contributed by atoms with Crippen molar-refractivity contribution in [1.82, 2.24) is 10.2 Å². The van der Waals surface area contributed by atoms with E-state index in [-0.39, 0.29) is 16.8 Å². The fourth-order valence-corrected chi connectivity index (χ4v) is 1.91. The van der Waals surface area contributed by atoms with Crippen molar-refractivity contribution in [2.24, 2.45) is 11.7 Å². The van der Waals surface area contributed by atoms with Crippen molar-refractivity contribution in [3.05, 3.63) is 0 Å². The summed E-state index contributed by atoms with van der Waals surface area (Å²) in [7, 11) is 0. The van der Waals surface area contributed by atoms with E-state index in [0.29, 0.717) is 6.54 Å². The summed E-state index contributed by atoms with van der Waals surface area (Å²) in [6, 6.07) is 0. The van der Waals surface area contributed by atoms with E-state index >= 15 is 0 Å². The Bertz CT molecular complexity index is 252.